The summed E-state index contributed by atoms with van der Waals surface area (Å²) in [5.74, 6) is 0. The highest BCUT2D eigenvalue weighted by atomic mass is 19.4. The van der Waals surface area contributed by atoms with Crippen LogP contribution in [-0.4, -0.2) is 0 Å². The minimum absolute atomic E-state index is 0.0339. The van der Waals surface area contributed by atoms with Crippen molar-refractivity contribution in [3.05, 3.63) is 45.3 Å². The molecular formula is C12H3F9O2. The predicted octanol–water partition coefficient (Wildman–Crippen LogP) is 4.85. The Balaban J connectivity index is 2.97. The molecule has 0 aliphatic carbocycles. The molecule has 2 rings (SSSR count). The first-order valence-electron chi connectivity index (χ1n) is 5.55. The monoisotopic (exact) mass is 350 g/mol. The van der Waals surface area contributed by atoms with Crippen molar-refractivity contribution in [1.82, 2.24) is 0 Å². The van der Waals surface area contributed by atoms with E-state index in [2.05, 4.69) is 4.42 Å². The standard InChI is InChI=1S/C12H3F9O2/c13-10(14,15)4-1-2-5-6(3-4)23-9(22)8(12(19,20)21)7(5)11(16,17)18/h1-3H. The largest absolute Gasteiger partial charge is 0.424 e. The fourth-order valence-electron chi connectivity index (χ4n) is 1.93. The molecular weight excluding hydrogens is 347 g/mol. The third-order valence-electron chi connectivity index (χ3n) is 2.80. The highest BCUT2D eigenvalue weighted by molar-refractivity contribution is 5.82. The van der Waals surface area contributed by atoms with Gasteiger partial charge in [-0.2, -0.15) is 39.5 Å². The maximum absolute atomic E-state index is 12.9. The van der Waals surface area contributed by atoms with Crippen molar-refractivity contribution in [2.45, 2.75) is 18.5 Å². The van der Waals surface area contributed by atoms with Gasteiger partial charge in [-0.15, -0.1) is 0 Å². The van der Waals surface area contributed by atoms with Crippen LogP contribution in [0.4, 0.5) is 39.5 Å². The molecule has 23 heavy (non-hydrogen) atoms. The van der Waals surface area contributed by atoms with Crippen LogP contribution in [0, 0.1) is 0 Å². The van der Waals surface area contributed by atoms with Crippen molar-refractivity contribution in [1.29, 1.82) is 0 Å². The van der Waals surface area contributed by atoms with E-state index < -0.39 is 51.8 Å². The second-order valence-electron chi connectivity index (χ2n) is 4.34. The van der Waals surface area contributed by atoms with E-state index in [0.29, 0.717) is 0 Å². The molecule has 126 valence electrons. The summed E-state index contributed by atoms with van der Waals surface area (Å²) in [5.41, 5.74) is -10.1. The van der Waals surface area contributed by atoms with Gasteiger partial charge < -0.3 is 4.42 Å². The predicted molar refractivity (Wildman–Crippen MR) is 57.5 cm³/mol. The quantitative estimate of drug-likeness (QED) is 0.502. The first-order chi connectivity index (χ1) is 10.2. The molecule has 1 aromatic carbocycles. The molecule has 0 bridgehead atoms. The maximum atomic E-state index is 12.9. The number of halogens is 9. The zero-order valence-corrected chi connectivity index (χ0v) is 10.5. The van der Waals surface area contributed by atoms with Crippen LogP contribution in [0.1, 0.15) is 16.7 Å². The van der Waals surface area contributed by atoms with Crippen molar-refractivity contribution in [3.8, 4) is 0 Å². The molecule has 0 fully saturated rings. The molecule has 2 nitrogen and oxygen atoms in total. The number of rotatable bonds is 0. The fraction of sp³-hybridized carbons (Fsp3) is 0.250. The second kappa shape index (κ2) is 4.90. The molecule has 11 heteroatoms. The molecule has 0 spiro atoms. The summed E-state index contributed by atoms with van der Waals surface area (Å²) in [6, 6.07) is 0.378. The summed E-state index contributed by atoms with van der Waals surface area (Å²) in [4.78, 5) is 11.2. The van der Waals surface area contributed by atoms with Crippen molar-refractivity contribution in [3.63, 3.8) is 0 Å². The average molecular weight is 350 g/mol. The summed E-state index contributed by atoms with van der Waals surface area (Å²) < 4.78 is 118. The van der Waals surface area contributed by atoms with Crippen LogP contribution in [0.15, 0.2) is 27.4 Å². The van der Waals surface area contributed by atoms with E-state index in [0.717, 1.165) is 0 Å². The van der Waals surface area contributed by atoms with E-state index in [1.807, 2.05) is 0 Å². The minimum atomic E-state index is -5.69. The third-order valence-corrected chi connectivity index (χ3v) is 2.80. The molecule has 0 aliphatic heterocycles. The van der Waals surface area contributed by atoms with Crippen LogP contribution in [0.5, 0.6) is 0 Å². The summed E-state index contributed by atoms with van der Waals surface area (Å²) in [6.45, 7) is 0. The van der Waals surface area contributed by atoms with Gasteiger partial charge in [-0.05, 0) is 18.2 Å². The molecule has 0 saturated carbocycles. The van der Waals surface area contributed by atoms with E-state index in [-0.39, 0.29) is 18.2 Å². The van der Waals surface area contributed by atoms with Crippen LogP contribution < -0.4 is 5.63 Å². The number of hydrogen-bond acceptors (Lipinski definition) is 2. The van der Waals surface area contributed by atoms with E-state index in [4.69, 9.17) is 0 Å². The molecule has 0 aliphatic rings. The topological polar surface area (TPSA) is 30.2 Å². The van der Waals surface area contributed by atoms with Crippen molar-refractivity contribution >= 4 is 11.0 Å². The molecule has 0 N–H and O–H groups in total. The molecule has 0 radical (unpaired) electrons. The second-order valence-corrected chi connectivity index (χ2v) is 4.34. The van der Waals surface area contributed by atoms with Gasteiger partial charge in [0.15, 0.2) is 5.56 Å². The molecule has 1 aromatic heterocycles. The lowest BCUT2D eigenvalue weighted by atomic mass is 10.0. The Morgan fingerprint density at radius 3 is 1.70 bits per heavy atom. The Hall–Kier alpha value is -2.20. The Kier molecular flexibility index (Phi) is 3.65. The SMILES string of the molecule is O=c1oc2cc(C(F)(F)F)ccc2c(C(F)(F)F)c1C(F)(F)F. The maximum Gasteiger partial charge on any atom is 0.424 e. The smallest absolute Gasteiger partial charge is 0.422 e. The Morgan fingerprint density at radius 2 is 1.26 bits per heavy atom. The van der Waals surface area contributed by atoms with Crippen molar-refractivity contribution in [2.24, 2.45) is 0 Å². The lowest BCUT2D eigenvalue weighted by Crippen LogP contribution is -2.26. The first kappa shape index (κ1) is 17.2. The van der Waals surface area contributed by atoms with Gasteiger partial charge in [-0.3, -0.25) is 0 Å². The normalized spacial score (nSPS) is 13.6. The molecule has 2 aromatic rings. The third kappa shape index (κ3) is 3.13. The average Bonchev–Trinajstić information content (AvgIpc) is 2.32. The van der Waals surface area contributed by atoms with Crippen LogP contribution in [0.2, 0.25) is 0 Å². The van der Waals surface area contributed by atoms with Gasteiger partial charge in [-0.25, -0.2) is 4.79 Å². The number of benzene rings is 1. The lowest BCUT2D eigenvalue weighted by molar-refractivity contribution is -0.162. The fourth-order valence-corrected chi connectivity index (χ4v) is 1.93. The van der Waals surface area contributed by atoms with Gasteiger partial charge in [-0.1, -0.05) is 0 Å². The Morgan fingerprint density at radius 1 is 0.739 bits per heavy atom. The summed E-state index contributed by atoms with van der Waals surface area (Å²) in [6.07, 6.45) is -16.3. The highest BCUT2D eigenvalue weighted by Crippen LogP contribution is 2.43. The zero-order valence-electron chi connectivity index (χ0n) is 10.5. The van der Waals surface area contributed by atoms with Gasteiger partial charge in [0.2, 0.25) is 0 Å². The highest BCUT2D eigenvalue weighted by Gasteiger charge is 2.48. The molecule has 0 amide bonds. The summed E-state index contributed by atoms with van der Waals surface area (Å²) in [7, 11) is 0. The first-order valence-corrected chi connectivity index (χ1v) is 5.55. The van der Waals surface area contributed by atoms with Crippen LogP contribution in [0.25, 0.3) is 11.0 Å². The van der Waals surface area contributed by atoms with Gasteiger partial charge in [0.05, 0.1) is 11.1 Å². The molecule has 0 saturated heterocycles. The Bertz CT molecular complexity index is 809. The number of hydrogen-bond donors (Lipinski definition) is 0. The van der Waals surface area contributed by atoms with Crippen LogP contribution in [-0.2, 0) is 18.5 Å². The lowest BCUT2D eigenvalue weighted by Gasteiger charge is -2.16. The van der Waals surface area contributed by atoms with Crippen molar-refractivity contribution < 1.29 is 43.9 Å². The summed E-state index contributed by atoms with van der Waals surface area (Å²) in [5, 5.41) is -1.29. The van der Waals surface area contributed by atoms with Crippen LogP contribution in [0.3, 0.4) is 0 Å². The van der Waals surface area contributed by atoms with E-state index in [1.54, 1.807) is 0 Å². The van der Waals surface area contributed by atoms with Gasteiger partial charge in [0.25, 0.3) is 0 Å². The van der Waals surface area contributed by atoms with E-state index in [9.17, 15) is 44.3 Å². The van der Waals surface area contributed by atoms with Gasteiger partial charge >= 0.3 is 24.2 Å². The van der Waals surface area contributed by atoms with Crippen LogP contribution >= 0.6 is 0 Å². The van der Waals surface area contributed by atoms with E-state index >= 15 is 0 Å². The molecule has 0 unspecified atom stereocenters. The Labute approximate surface area is 120 Å². The molecule has 0 atom stereocenters. The summed E-state index contributed by atoms with van der Waals surface area (Å²) >= 11 is 0. The van der Waals surface area contributed by atoms with Gasteiger partial charge in [0.1, 0.15) is 5.58 Å². The molecule has 1 heterocycles. The minimum Gasteiger partial charge on any atom is -0.422 e. The van der Waals surface area contributed by atoms with Crippen molar-refractivity contribution in [2.75, 3.05) is 0 Å². The van der Waals surface area contributed by atoms with Gasteiger partial charge in [0, 0.05) is 5.39 Å². The zero-order chi connectivity index (χ0) is 17.8. The van der Waals surface area contributed by atoms with E-state index in [1.165, 1.54) is 0 Å². The number of alkyl halides is 9. The number of fused-ring (bicyclic) bond motifs is 1.